The highest BCUT2D eigenvalue weighted by Crippen LogP contribution is 2.37. The van der Waals surface area contributed by atoms with Gasteiger partial charge in [0, 0.05) is 6.42 Å². The first-order chi connectivity index (χ1) is 11.0. The lowest BCUT2D eigenvalue weighted by molar-refractivity contribution is -0.116. The van der Waals surface area contributed by atoms with E-state index >= 15 is 0 Å². The highest BCUT2D eigenvalue weighted by molar-refractivity contribution is 5.74. The molecular formula is C22H50O. The smallest absolute Gasteiger partial charge is 0.129 e. The SMILES string of the molecule is CC.CC.CC.CCC(C)=O.CCCC1CCC(C)CC1CC. The molecule has 0 aliphatic heterocycles. The molecule has 1 heteroatoms. The molecule has 0 amide bonds. The van der Waals surface area contributed by atoms with Gasteiger partial charge in [-0.1, -0.05) is 94.9 Å². The zero-order valence-electron chi connectivity index (χ0n) is 18.6. The molecule has 3 unspecified atom stereocenters. The predicted molar refractivity (Wildman–Crippen MR) is 110 cm³/mol. The van der Waals surface area contributed by atoms with Crippen molar-refractivity contribution in [1.29, 1.82) is 0 Å². The van der Waals surface area contributed by atoms with Crippen LogP contribution < -0.4 is 0 Å². The van der Waals surface area contributed by atoms with Crippen molar-refractivity contribution in [3.8, 4) is 0 Å². The average molecular weight is 331 g/mol. The van der Waals surface area contributed by atoms with E-state index in [1.165, 1.54) is 38.5 Å². The lowest BCUT2D eigenvalue weighted by Crippen LogP contribution is -2.23. The van der Waals surface area contributed by atoms with Gasteiger partial charge >= 0.3 is 0 Å². The standard InChI is InChI=1S/C12H24.C4H8O.3C2H6/c1-4-6-12-8-7-10(3)9-11(12)5-2;1-3-4(2)5;3*1-2/h10-12H,4-9H2,1-3H3;3H2,1-2H3;3*1-2H3. The Morgan fingerprint density at radius 2 is 1.30 bits per heavy atom. The van der Waals surface area contributed by atoms with E-state index in [1.807, 2.05) is 48.5 Å². The van der Waals surface area contributed by atoms with Crippen LogP contribution in [0.3, 0.4) is 0 Å². The normalized spacial score (nSPS) is 21.6. The van der Waals surface area contributed by atoms with Gasteiger partial charge in [0.25, 0.3) is 0 Å². The van der Waals surface area contributed by atoms with Crippen LogP contribution in [0.1, 0.15) is 121 Å². The summed E-state index contributed by atoms with van der Waals surface area (Å²) in [6, 6.07) is 0. The van der Waals surface area contributed by atoms with E-state index in [9.17, 15) is 4.79 Å². The van der Waals surface area contributed by atoms with Gasteiger partial charge in [-0.3, -0.25) is 0 Å². The van der Waals surface area contributed by atoms with Crippen LogP contribution in [0.25, 0.3) is 0 Å². The largest absolute Gasteiger partial charge is 0.300 e. The molecule has 144 valence electrons. The van der Waals surface area contributed by atoms with Crippen LogP contribution in [-0.2, 0) is 4.79 Å². The maximum Gasteiger partial charge on any atom is 0.129 e. The summed E-state index contributed by atoms with van der Waals surface area (Å²) in [5, 5.41) is 0. The highest BCUT2D eigenvalue weighted by atomic mass is 16.1. The number of Topliss-reactive ketones (excluding diaryl/α,β-unsaturated/α-hetero) is 1. The molecular weight excluding hydrogens is 280 g/mol. The fourth-order valence-electron chi connectivity index (χ4n) is 2.81. The van der Waals surface area contributed by atoms with E-state index in [0.29, 0.717) is 6.42 Å². The van der Waals surface area contributed by atoms with Crippen molar-refractivity contribution in [2.75, 3.05) is 0 Å². The maximum absolute atomic E-state index is 9.81. The first-order valence-electron chi connectivity index (χ1n) is 10.5. The molecule has 0 radical (unpaired) electrons. The predicted octanol–water partition coefficient (Wildman–Crippen LogP) is 8.31. The van der Waals surface area contributed by atoms with Gasteiger partial charge in [0.2, 0.25) is 0 Å². The maximum atomic E-state index is 9.81. The average Bonchev–Trinajstić information content (AvgIpc) is 2.62. The summed E-state index contributed by atoms with van der Waals surface area (Å²) < 4.78 is 0. The molecule has 0 aromatic heterocycles. The summed E-state index contributed by atoms with van der Waals surface area (Å²) in [6.07, 6.45) is 9.44. The van der Waals surface area contributed by atoms with Crippen molar-refractivity contribution in [1.82, 2.24) is 0 Å². The second-order valence-corrected chi connectivity index (χ2v) is 5.69. The minimum atomic E-state index is 0.255. The van der Waals surface area contributed by atoms with Gasteiger partial charge in [-0.05, 0) is 37.5 Å². The Bertz CT molecular complexity index is 198. The molecule has 3 atom stereocenters. The number of ketones is 1. The fourth-order valence-corrected chi connectivity index (χ4v) is 2.81. The zero-order valence-corrected chi connectivity index (χ0v) is 18.6. The molecule has 1 rings (SSSR count). The summed E-state index contributed by atoms with van der Waals surface area (Å²) >= 11 is 0. The second-order valence-electron chi connectivity index (χ2n) is 5.69. The third-order valence-corrected chi connectivity index (χ3v) is 4.08. The first kappa shape index (κ1) is 30.5. The van der Waals surface area contributed by atoms with Crippen molar-refractivity contribution in [2.45, 2.75) is 121 Å². The van der Waals surface area contributed by atoms with Crippen molar-refractivity contribution in [2.24, 2.45) is 17.8 Å². The van der Waals surface area contributed by atoms with Gasteiger partial charge in [0.05, 0.1) is 0 Å². The number of hydrogen-bond acceptors (Lipinski definition) is 1. The lowest BCUT2D eigenvalue weighted by atomic mass is 9.72. The Hall–Kier alpha value is -0.330. The van der Waals surface area contributed by atoms with Crippen molar-refractivity contribution < 1.29 is 4.79 Å². The Morgan fingerprint density at radius 3 is 1.61 bits per heavy atom. The minimum Gasteiger partial charge on any atom is -0.300 e. The van der Waals surface area contributed by atoms with E-state index < -0.39 is 0 Å². The molecule has 23 heavy (non-hydrogen) atoms. The molecule has 0 saturated heterocycles. The molecule has 1 aliphatic rings. The molecule has 0 bridgehead atoms. The highest BCUT2D eigenvalue weighted by Gasteiger charge is 2.26. The van der Waals surface area contributed by atoms with Crippen LogP contribution in [0.2, 0.25) is 0 Å². The van der Waals surface area contributed by atoms with Gasteiger partial charge in [-0.25, -0.2) is 0 Å². The minimum absolute atomic E-state index is 0.255. The second kappa shape index (κ2) is 26.6. The lowest BCUT2D eigenvalue weighted by Gasteiger charge is -2.34. The van der Waals surface area contributed by atoms with Crippen LogP contribution in [0.4, 0.5) is 0 Å². The summed E-state index contributed by atoms with van der Waals surface area (Å²) in [6.45, 7) is 22.5. The Balaban J connectivity index is -0.000000138. The van der Waals surface area contributed by atoms with E-state index in [2.05, 4.69) is 20.8 Å². The van der Waals surface area contributed by atoms with E-state index in [4.69, 9.17) is 0 Å². The molecule has 0 spiro atoms. The summed E-state index contributed by atoms with van der Waals surface area (Å²) in [7, 11) is 0. The molecule has 1 fully saturated rings. The molecule has 1 nitrogen and oxygen atoms in total. The molecule has 1 saturated carbocycles. The van der Waals surface area contributed by atoms with Crippen molar-refractivity contribution in [3.63, 3.8) is 0 Å². The first-order valence-corrected chi connectivity index (χ1v) is 10.5. The van der Waals surface area contributed by atoms with Crippen LogP contribution in [-0.4, -0.2) is 5.78 Å². The van der Waals surface area contributed by atoms with Gasteiger partial charge in [-0.2, -0.15) is 0 Å². The summed E-state index contributed by atoms with van der Waals surface area (Å²) in [5.74, 6) is 3.37. The van der Waals surface area contributed by atoms with Crippen LogP contribution in [0.5, 0.6) is 0 Å². The molecule has 0 aromatic carbocycles. The number of hydrogen-bond donors (Lipinski definition) is 0. The monoisotopic (exact) mass is 330 g/mol. The fraction of sp³-hybridized carbons (Fsp3) is 0.955. The van der Waals surface area contributed by atoms with Gasteiger partial charge < -0.3 is 4.79 Å². The number of carbonyl (C=O) groups excluding carboxylic acids is 1. The van der Waals surface area contributed by atoms with Crippen molar-refractivity contribution >= 4 is 5.78 Å². The molecule has 0 aromatic rings. The Labute approximate surface area is 150 Å². The molecule has 0 heterocycles. The van der Waals surface area contributed by atoms with Gasteiger partial charge in [-0.15, -0.1) is 0 Å². The zero-order chi connectivity index (χ0) is 19.3. The van der Waals surface area contributed by atoms with Crippen LogP contribution in [0.15, 0.2) is 0 Å². The third-order valence-electron chi connectivity index (χ3n) is 4.08. The summed E-state index contributed by atoms with van der Waals surface area (Å²) in [4.78, 5) is 9.81. The van der Waals surface area contributed by atoms with Crippen LogP contribution in [0, 0.1) is 17.8 Å². The Morgan fingerprint density at radius 1 is 0.870 bits per heavy atom. The third kappa shape index (κ3) is 21.7. The number of rotatable bonds is 4. The van der Waals surface area contributed by atoms with Gasteiger partial charge in [0.1, 0.15) is 5.78 Å². The van der Waals surface area contributed by atoms with E-state index in [0.717, 1.165) is 17.8 Å². The van der Waals surface area contributed by atoms with E-state index in [1.54, 1.807) is 6.92 Å². The Kier molecular flexibility index (Phi) is 35.3. The number of carbonyl (C=O) groups is 1. The molecule has 0 N–H and O–H groups in total. The topological polar surface area (TPSA) is 17.1 Å². The van der Waals surface area contributed by atoms with E-state index in [-0.39, 0.29) is 5.78 Å². The quantitative estimate of drug-likeness (QED) is 0.506. The van der Waals surface area contributed by atoms with Crippen molar-refractivity contribution in [3.05, 3.63) is 0 Å². The van der Waals surface area contributed by atoms with Gasteiger partial charge in [0.15, 0.2) is 0 Å². The summed E-state index contributed by atoms with van der Waals surface area (Å²) in [5.41, 5.74) is 0. The van der Waals surface area contributed by atoms with Crippen LogP contribution >= 0.6 is 0 Å². The molecule has 1 aliphatic carbocycles.